The molecule has 1 aliphatic heterocycles. The summed E-state index contributed by atoms with van der Waals surface area (Å²) in [6.45, 7) is 9.95. The molecule has 0 bridgehead atoms. The normalized spacial score (nSPS) is 29.4. The first-order chi connectivity index (χ1) is 6.94. The standard InChI is InChI=1S/C12H26N2O/c1-10-9-14(7-5-11(10)13)8-6-12(2,3)15-4/h10-11H,5-9,13H2,1-4H3. The van der Waals surface area contributed by atoms with Crippen LogP contribution in [0.1, 0.15) is 33.6 Å². The van der Waals surface area contributed by atoms with E-state index in [-0.39, 0.29) is 5.60 Å². The first kappa shape index (κ1) is 12.9. The van der Waals surface area contributed by atoms with E-state index in [9.17, 15) is 0 Å². The second-order valence-corrected chi connectivity index (χ2v) is 5.44. The van der Waals surface area contributed by atoms with Gasteiger partial charge in [0, 0.05) is 26.2 Å². The quantitative estimate of drug-likeness (QED) is 0.770. The lowest BCUT2D eigenvalue weighted by atomic mass is 9.94. The molecule has 0 aliphatic carbocycles. The number of nitrogens with two attached hydrogens (primary N) is 1. The Morgan fingerprint density at radius 3 is 2.67 bits per heavy atom. The molecule has 2 N–H and O–H groups in total. The molecule has 2 atom stereocenters. The maximum atomic E-state index is 6.00. The van der Waals surface area contributed by atoms with Gasteiger partial charge in [-0.2, -0.15) is 0 Å². The monoisotopic (exact) mass is 214 g/mol. The van der Waals surface area contributed by atoms with E-state index >= 15 is 0 Å². The molecule has 0 spiro atoms. The van der Waals surface area contributed by atoms with Crippen LogP contribution in [0.5, 0.6) is 0 Å². The molecule has 1 fully saturated rings. The summed E-state index contributed by atoms with van der Waals surface area (Å²) in [6, 6.07) is 0.400. The third-order valence-corrected chi connectivity index (χ3v) is 3.64. The molecule has 90 valence electrons. The van der Waals surface area contributed by atoms with Gasteiger partial charge in [0.25, 0.3) is 0 Å². The van der Waals surface area contributed by atoms with Crippen LogP contribution in [0.25, 0.3) is 0 Å². The van der Waals surface area contributed by atoms with E-state index in [4.69, 9.17) is 10.5 Å². The van der Waals surface area contributed by atoms with Crippen LogP contribution in [0.4, 0.5) is 0 Å². The van der Waals surface area contributed by atoms with Crippen molar-refractivity contribution in [3.63, 3.8) is 0 Å². The highest BCUT2D eigenvalue weighted by Gasteiger charge is 2.24. The van der Waals surface area contributed by atoms with Gasteiger partial charge in [0.2, 0.25) is 0 Å². The lowest BCUT2D eigenvalue weighted by Gasteiger charge is -2.36. The number of piperidine rings is 1. The van der Waals surface area contributed by atoms with Gasteiger partial charge >= 0.3 is 0 Å². The molecule has 1 aliphatic rings. The van der Waals surface area contributed by atoms with Crippen LogP contribution in [0, 0.1) is 5.92 Å². The lowest BCUT2D eigenvalue weighted by molar-refractivity contribution is 0.00382. The minimum atomic E-state index is 0.00278. The topological polar surface area (TPSA) is 38.5 Å². The average Bonchev–Trinajstić information content (AvgIpc) is 2.20. The Kier molecular flexibility index (Phi) is 4.56. The minimum Gasteiger partial charge on any atom is -0.379 e. The van der Waals surface area contributed by atoms with Crippen molar-refractivity contribution >= 4 is 0 Å². The number of ether oxygens (including phenoxy) is 1. The number of nitrogens with zero attached hydrogens (tertiary/aromatic N) is 1. The second-order valence-electron chi connectivity index (χ2n) is 5.44. The predicted octanol–water partition coefficient (Wildman–Crippen LogP) is 1.47. The van der Waals surface area contributed by atoms with E-state index in [1.807, 2.05) is 0 Å². The molecule has 0 aromatic rings. The summed E-state index contributed by atoms with van der Waals surface area (Å²) < 4.78 is 5.43. The highest BCUT2D eigenvalue weighted by atomic mass is 16.5. The van der Waals surface area contributed by atoms with Gasteiger partial charge in [-0.25, -0.2) is 0 Å². The molecule has 3 nitrogen and oxygen atoms in total. The molecule has 1 heterocycles. The van der Waals surface area contributed by atoms with Gasteiger partial charge in [0.1, 0.15) is 0 Å². The summed E-state index contributed by atoms with van der Waals surface area (Å²) >= 11 is 0. The molecule has 0 amide bonds. The molecule has 0 aromatic carbocycles. The summed E-state index contributed by atoms with van der Waals surface area (Å²) in [7, 11) is 1.79. The van der Waals surface area contributed by atoms with Gasteiger partial charge in [-0.3, -0.25) is 0 Å². The number of likely N-dealkylation sites (tertiary alicyclic amines) is 1. The Morgan fingerprint density at radius 1 is 1.47 bits per heavy atom. The first-order valence-corrected chi connectivity index (χ1v) is 5.98. The molecule has 0 radical (unpaired) electrons. The molecule has 3 heteroatoms. The molecule has 1 saturated heterocycles. The van der Waals surface area contributed by atoms with Gasteiger partial charge in [-0.15, -0.1) is 0 Å². The summed E-state index contributed by atoms with van der Waals surface area (Å²) in [5.74, 6) is 0.629. The van der Waals surface area contributed by atoms with Crippen molar-refractivity contribution in [3.05, 3.63) is 0 Å². The Bertz CT molecular complexity index is 194. The van der Waals surface area contributed by atoms with Crippen LogP contribution in [0.3, 0.4) is 0 Å². The zero-order valence-corrected chi connectivity index (χ0v) is 10.6. The van der Waals surface area contributed by atoms with Crippen molar-refractivity contribution in [3.8, 4) is 0 Å². The minimum absolute atomic E-state index is 0.00278. The van der Waals surface area contributed by atoms with Crippen LogP contribution in [0.15, 0.2) is 0 Å². The molecule has 0 saturated carbocycles. The molecule has 0 aromatic heterocycles. The summed E-state index contributed by atoms with van der Waals surface area (Å²) in [6.07, 6.45) is 2.22. The largest absolute Gasteiger partial charge is 0.379 e. The molecule has 1 rings (SSSR count). The van der Waals surface area contributed by atoms with Crippen molar-refractivity contribution < 1.29 is 4.74 Å². The molecular weight excluding hydrogens is 188 g/mol. The zero-order valence-electron chi connectivity index (χ0n) is 10.6. The van der Waals surface area contributed by atoms with E-state index in [1.165, 1.54) is 0 Å². The lowest BCUT2D eigenvalue weighted by Crippen LogP contribution is -2.47. The smallest absolute Gasteiger partial charge is 0.0634 e. The summed E-state index contributed by atoms with van der Waals surface area (Å²) in [5.41, 5.74) is 6.00. The van der Waals surface area contributed by atoms with Crippen molar-refractivity contribution in [2.75, 3.05) is 26.7 Å². The van der Waals surface area contributed by atoms with Crippen LogP contribution in [0.2, 0.25) is 0 Å². The van der Waals surface area contributed by atoms with Crippen molar-refractivity contribution in [1.82, 2.24) is 4.90 Å². The van der Waals surface area contributed by atoms with Gasteiger partial charge in [-0.1, -0.05) is 6.92 Å². The van der Waals surface area contributed by atoms with Crippen LogP contribution >= 0.6 is 0 Å². The summed E-state index contributed by atoms with van der Waals surface area (Å²) in [5, 5.41) is 0. The van der Waals surface area contributed by atoms with E-state index in [0.717, 1.165) is 32.5 Å². The van der Waals surface area contributed by atoms with Crippen LogP contribution < -0.4 is 5.73 Å². The van der Waals surface area contributed by atoms with Crippen LogP contribution in [-0.2, 0) is 4.74 Å². The van der Waals surface area contributed by atoms with Crippen molar-refractivity contribution in [1.29, 1.82) is 0 Å². The maximum absolute atomic E-state index is 6.00. The van der Waals surface area contributed by atoms with Gasteiger partial charge in [0.15, 0.2) is 0 Å². The van der Waals surface area contributed by atoms with Gasteiger partial charge in [-0.05, 0) is 39.2 Å². The molecule has 2 unspecified atom stereocenters. The van der Waals surface area contributed by atoms with Gasteiger partial charge in [0.05, 0.1) is 5.60 Å². The predicted molar refractivity (Wildman–Crippen MR) is 63.9 cm³/mol. The zero-order chi connectivity index (χ0) is 11.5. The third kappa shape index (κ3) is 4.09. The van der Waals surface area contributed by atoms with Crippen molar-refractivity contribution in [2.24, 2.45) is 11.7 Å². The fourth-order valence-electron chi connectivity index (χ4n) is 1.98. The highest BCUT2D eigenvalue weighted by molar-refractivity contribution is 4.81. The number of rotatable bonds is 4. The van der Waals surface area contributed by atoms with E-state index in [1.54, 1.807) is 7.11 Å². The Hall–Kier alpha value is -0.120. The highest BCUT2D eigenvalue weighted by Crippen LogP contribution is 2.18. The molecule has 15 heavy (non-hydrogen) atoms. The SMILES string of the molecule is COC(C)(C)CCN1CCC(N)C(C)C1. The number of hydrogen-bond acceptors (Lipinski definition) is 3. The van der Waals surface area contributed by atoms with Crippen molar-refractivity contribution in [2.45, 2.75) is 45.3 Å². The van der Waals surface area contributed by atoms with Crippen LogP contribution in [-0.4, -0.2) is 43.3 Å². The maximum Gasteiger partial charge on any atom is 0.0634 e. The Morgan fingerprint density at radius 2 is 2.13 bits per heavy atom. The number of methoxy groups -OCH3 is 1. The third-order valence-electron chi connectivity index (χ3n) is 3.64. The summed E-state index contributed by atoms with van der Waals surface area (Å²) in [4.78, 5) is 2.51. The molecular formula is C12H26N2O. The first-order valence-electron chi connectivity index (χ1n) is 5.98. The van der Waals surface area contributed by atoms with E-state index in [2.05, 4.69) is 25.7 Å². The number of hydrogen-bond donors (Lipinski definition) is 1. The Balaban J connectivity index is 2.28. The second kappa shape index (κ2) is 5.28. The van der Waals surface area contributed by atoms with E-state index < -0.39 is 0 Å². The van der Waals surface area contributed by atoms with E-state index in [0.29, 0.717) is 12.0 Å². The average molecular weight is 214 g/mol. The Labute approximate surface area is 94.0 Å². The fraction of sp³-hybridized carbons (Fsp3) is 1.00. The fourth-order valence-corrected chi connectivity index (χ4v) is 1.98. The van der Waals surface area contributed by atoms with Gasteiger partial charge < -0.3 is 15.4 Å².